The number of benzene rings is 1. The van der Waals surface area contributed by atoms with Crippen LogP contribution in [0.3, 0.4) is 0 Å². The molecule has 0 N–H and O–H groups in total. The van der Waals surface area contributed by atoms with E-state index in [9.17, 15) is 10.1 Å². The fraction of sp³-hybridized carbons (Fsp3) is 0.387. The largest absolute Gasteiger partial charge is 0.444 e. The zero-order valence-corrected chi connectivity index (χ0v) is 24.0. The number of ether oxygens (including phenoxy) is 1. The molecule has 41 heavy (non-hydrogen) atoms. The first-order valence-electron chi connectivity index (χ1n) is 14.0. The molecule has 0 unspecified atom stereocenters. The number of anilines is 2. The van der Waals surface area contributed by atoms with Gasteiger partial charge >= 0.3 is 6.09 Å². The molecule has 2 aliphatic heterocycles. The van der Waals surface area contributed by atoms with Crippen LogP contribution in [0.4, 0.5) is 16.3 Å². The van der Waals surface area contributed by atoms with Crippen LogP contribution in [-0.2, 0) is 24.4 Å². The third kappa shape index (κ3) is 5.27. The predicted molar refractivity (Wildman–Crippen MR) is 157 cm³/mol. The molecule has 10 heteroatoms. The summed E-state index contributed by atoms with van der Waals surface area (Å²) >= 11 is 0. The summed E-state index contributed by atoms with van der Waals surface area (Å²) in [5.74, 6) is 0.909. The quantitative estimate of drug-likeness (QED) is 0.362. The highest BCUT2D eigenvalue weighted by molar-refractivity contribution is 5.95. The van der Waals surface area contributed by atoms with Crippen LogP contribution in [0, 0.1) is 18.3 Å². The second kappa shape index (κ2) is 10.4. The van der Waals surface area contributed by atoms with Gasteiger partial charge in [-0.25, -0.2) is 9.78 Å². The maximum atomic E-state index is 12.4. The Morgan fingerprint density at radius 2 is 1.83 bits per heavy atom. The number of hydrogen-bond donors (Lipinski definition) is 0. The maximum absolute atomic E-state index is 12.4. The molecule has 6 rings (SSSR count). The van der Waals surface area contributed by atoms with Gasteiger partial charge in [-0.2, -0.15) is 10.4 Å². The average Bonchev–Trinajstić information content (AvgIpc) is 3.52. The topological polar surface area (TPSA) is 103 Å². The van der Waals surface area contributed by atoms with E-state index < -0.39 is 5.60 Å². The van der Waals surface area contributed by atoms with Crippen molar-refractivity contribution in [2.45, 2.75) is 52.9 Å². The number of fused-ring (bicyclic) bond motifs is 2. The molecule has 0 saturated carbocycles. The van der Waals surface area contributed by atoms with E-state index in [1.165, 1.54) is 11.3 Å². The van der Waals surface area contributed by atoms with Crippen LogP contribution in [-0.4, -0.2) is 62.5 Å². The van der Waals surface area contributed by atoms with Crippen molar-refractivity contribution in [3.8, 4) is 6.07 Å². The average molecular weight is 551 g/mol. The molecule has 10 nitrogen and oxygen atoms in total. The molecule has 1 amide bonds. The van der Waals surface area contributed by atoms with E-state index in [4.69, 9.17) is 14.8 Å². The predicted octanol–water partition coefficient (Wildman–Crippen LogP) is 4.63. The summed E-state index contributed by atoms with van der Waals surface area (Å²) in [4.78, 5) is 27.9. The Hall–Kier alpha value is -4.65. The number of piperazine rings is 1. The third-order valence-electron chi connectivity index (χ3n) is 7.66. The van der Waals surface area contributed by atoms with Gasteiger partial charge in [0.2, 0.25) is 0 Å². The molecular weight excluding hydrogens is 516 g/mol. The van der Waals surface area contributed by atoms with Gasteiger partial charge in [0.05, 0.1) is 35.6 Å². The molecule has 5 heterocycles. The summed E-state index contributed by atoms with van der Waals surface area (Å²) < 4.78 is 7.60. The van der Waals surface area contributed by atoms with Crippen molar-refractivity contribution >= 4 is 28.5 Å². The van der Waals surface area contributed by atoms with E-state index in [-0.39, 0.29) is 6.09 Å². The minimum absolute atomic E-state index is 0.259. The van der Waals surface area contributed by atoms with Crippen molar-refractivity contribution in [3.05, 3.63) is 76.9 Å². The van der Waals surface area contributed by atoms with Gasteiger partial charge in [0.1, 0.15) is 17.5 Å². The number of hydrogen-bond acceptors (Lipinski definition) is 8. The molecule has 0 aliphatic carbocycles. The first-order chi connectivity index (χ1) is 19.7. The normalized spacial score (nSPS) is 15.2. The minimum Gasteiger partial charge on any atom is -0.444 e. The molecule has 1 fully saturated rings. The lowest BCUT2D eigenvalue weighted by molar-refractivity contribution is 0.0240. The summed E-state index contributed by atoms with van der Waals surface area (Å²) in [6, 6.07) is 14.3. The van der Waals surface area contributed by atoms with E-state index in [2.05, 4.69) is 44.6 Å². The second-order valence-electron chi connectivity index (χ2n) is 11.6. The minimum atomic E-state index is -0.493. The van der Waals surface area contributed by atoms with Crippen molar-refractivity contribution in [2.24, 2.45) is 0 Å². The fourth-order valence-electron chi connectivity index (χ4n) is 5.62. The first kappa shape index (κ1) is 26.6. The number of pyridine rings is 2. The highest BCUT2D eigenvalue weighted by atomic mass is 16.6. The lowest BCUT2D eigenvalue weighted by atomic mass is 10.1. The van der Waals surface area contributed by atoms with Crippen LogP contribution in [0.5, 0.6) is 0 Å². The van der Waals surface area contributed by atoms with Gasteiger partial charge in [-0.05, 0) is 63.6 Å². The van der Waals surface area contributed by atoms with E-state index in [0.29, 0.717) is 38.3 Å². The van der Waals surface area contributed by atoms with Crippen molar-refractivity contribution < 1.29 is 9.53 Å². The number of nitrogens with zero attached hydrogens (tertiary/aromatic N) is 8. The monoisotopic (exact) mass is 550 g/mol. The standard InChI is InChI=1S/C31H34N8O2/c1-21-25-19-38(26-9-8-23(16-32)29-24(26)6-5-11-33-29)20-27(25)39(35-21)18-22-7-10-28(34-17-22)36-12-14-37(15-13-36)30(40)41-31(2,3)4/h5-11,17H,12-15,18-20H2,1-4H3. The van der Waals surface area contributed by atoms with E-state index >= 15 is 0 Å². The van der Waals surface area contributed by atoms with Crippen LogP contribution < -0.4 is 9.80 Å². The van der Waals surface area contributed by atoms with E-state index in [0.717, 1.165) is 46.8 Å². The number of nitriles is 1. The summed E-state index contributed by atoms with van der Waals surface area (Å²) in [6.07, 6.45) is 3.40. The molecule has 0 radical (unpaired) electrons. The van der Waals surface area contributed by atoms with Gasteiger partial charge in [-0.1, -0.05) is 6.07 Å². The molecule has 0 atom stereocenters. The number of carbonyl (C=O) groups is 1. The number of rotatable bonds is 4. The number of aromatic nitrogens is 4. The highest BCUT2D eigenvalue weighted by Gasteiger charge is 2.29. The Bertz CT molecular complexity index is 1640. The third-order valence-corrected chi connectivity index (χ3v) is 7.66. The van der Waals surface area contributed by atoms with Gasteiger partial charge in [0.25, 0.3) is 0 Å². The highest BCUT2D eigenvalue weighted by Crippen LogP contribution is 2.35. The zero-order valence-electron chi connectivity index (χ0n) is 24.0. The maximum Gasteiger partial charge on any atom is 0.410 e. The van der Waals surface area contributed by atoms with Gasteiger partial charge in [-0.3, -0.25) is 9.67 Å². The summed E-state index contributed by atoms with van der Waals surface area (Å²) in [6.45, 7) is 12.5. The van der Waals surface area contributed by atoms with Crippen molar-refractivity contribution in [3.63, 3.8) is 0 Å². The number of aryl methyl sites for hydroxylation is 1. The van der Waals surface area contributed by atoms with Crippen molar-refractivity contribution in [1.82, 2.24) is 24.6 Å². The SMILES string of the molecule is Cc1nn(Cc2ccc(N3CCN(C(=O)OC(C)(C)C)CC3)nc2)c2c1CN(c1ccc(C#N)c3ncccc13)C2. The molecule has 0 spiro atoms. The van der Waals surface area contributed by atoms with E-state index in [1.807, 2.05) is 51.2 Å². The Labute approximate surface area is 239 Å². The summed E-state index contributed by atoms with van der Waals surface area (Å²) in [5.41, 5.74) is 6.47. The summed E-state index contributed by atoms with van der Waals surface area (Å²) in [7, 11) is 0. The molecule has 3 aromatic heterocycles. The second-order valence-corrected chi connectivity index (χ2v) is 11.6. The van der Waals surface area contributed by atoms with Gasteiger partial charge in [-0.15, -0.1) is 0 Å². The summed E-state index contributed by atoms with van der Waals surface area (Å²) in [5, 5.41) is 15.4. The molecule has 2 aliphatic rings. The van der Waals surface area contributed by atoms with Gasteiger partial charge in [0.15, 0.2) is 0 Å². The zero-order chi connectivity index (χ0) is 28.7. The van der Waals surface area contributed by atoms with E-state index in [1.54, 1.807) is 11.1 Å². The lowest BCUT2D eigenvalue weighted by Gasteiger charge is -2.36. The van der Waals surface area contributed by atoms with Crippen LogP contribution >= 0.6 is 0 Å². The van der Waals surface area contributed by atoms with Crippen molar-refractivity contribution in [2.75, 3.05) is 36.0 Å². The van der Waals surface area contributed by atoms with Crippen LogP contribution in [0.25, 0.3) is 10.9 Å². The Morgan fingerprint density at radius 3 is 2.54 bits per heavy atom. The molecule has 1 saturated heterocycles. The molecule has 0 bridgehead atoms. The van der Waals surface area contributed by atoms with Crippen LogP contribution in [0.2, 0.25) is 0 Å². The van der Waals surface area contributed by atoms with Crippen LogP contribution in [0.1, 0.15) is 48.8 Å². The molecule has 210 valence electrons. The number of amides is 1. The van der Waals surface area contributed by atoms with Gasteiger partial charge < -0.3 is 19.4 Å². The Morgan fingerprint density at radius 1 is 1.02 bits per heavy atom. The molecule has 4 aromatic rings. The molecular formula is C31H34N8O2. The first-order valence-corrected chi connectivity index (χ1v) is 14.0. The molecule has 1 aromatic carbocycles. The fourth-order valence-corrected chi connectivity index (χ4v) is 5.62. The van der Waals surface area contributed by atoms with Crippen LogP contribution in [0.15, 0.2) is 48.8 Å². The Balaban J connectivity index is 1.13. The smallest absolute Gasteiger partial charge is 0.410 e. The Kier molecular flexibility index (Phi) is 6.73. The lowest BCUT2D eigenvalue weighted by Crippen LogP contribution is -2.50. The van der Waals surface area contributed by atoms with Crippen molar-refractivity contribution in [1.29, 1.82) is 5.26 Å². The number of carbonyl (C=O) groups excluding carboxylic acids is 1. The van der Waals surface area contributed by atoms with Gasteiger partial charge in [0, 0.05) is 61.8 Å².